The van der Waals surface area contributed by atoms with E-state index in [0.717, 1.165) is 34.2 Å². The zero-order valence-electron chi connectivity index (χ0n) is 27.1. The van der Waals surface area contributed by atoms with Gasteiger partial charge in [0.05, 0.1) is 34.2 Å². The molecule has 0 bridgehead atoms. The number of hydrogen-bond acceptors (Lipinski definition) is 3. The molecule has 0 fully saturated rings. The van der Waals surface area contributed by atoms with Gasteiger partial charge in [0.1, 0.15) is 0 Å². The van der Waals surface area contributed by atoms with Crippen LogP contribution in [0.25, 0.3) is 0 Å². The third-order valence-corrected chi connectivity index (χ3v) is 7.42. The molecule has 0 saturated heterocycles. The first kappa shape index (κ1) is 40.3. The average Bonchev–Trinajstić information content (AvgIpc) is 2.84. The third kappa shape index (κ3) is 9.66. The van der Waals surface area contributed by atoms with Gasteiger partial charge in [-0.1, -0.05) is 102 Å². The van der Waals surface area contributed by atoms with Crippen molar-refractivity contribution in [2.75, 3.05) is 0 Å². The van der Waals surface area contributed by atoms with Crippen molar-refractivity contribution in [3.05, 3.63) is 86.2 Å². The molecule has 0 spiro atoms. The summed E-state index contributed by atoms with van der Waals surface area (Å²) in [6.45, 7) is 26.2. The van der Waals surface area contributed by atoms with Crippen molar-refractivity contribution in [1.82, 2.24) is 4.98 Å². The van der Waals surface area contributed by atoms with Crippen LogP contribution in [0, 0.1) is 13.8 Å². The van der Waals surface area contributed by atoms with Crippen molar-refractivity contribution in [1.29, 1.82) is 0 Å². The van der Waals surface area contributed by atoms with Crippen LogP contribution in [0.5, 0.6) is 0 Å². The Kier molecular flexibility index (Phi) is 16.3. The summed E-state index contributed by atoms with van der Waals surface area (Å²) >= 11 is 6.66. The Labute approximate surface area is 282 Å². The molecule has 1 heterocycles. The van der Waals surface area contributed by atoms with Crippen molar-refractivity contribution in [2.45, 2.75) is 107 Å². The van der Waals surface area contributed by atoms with Crippen LogP contribution in [0.2, 0.25) is 5.02 Å². The molecule has 0 amide bonds. The van der Waals surface area contributed by atoms with Crippen molar-refractivity contribution in [3.63, 3.8) is 0 Å². The molecular formula is C35H46Cl3CoN3. The summed E-state index contributed by atoms with van der Waals surface area (Å²) in [5, 5.41) is 0.633. The molecule has 3 aromatic rings. The molecule has 0 aliphatic rings. The second-order valence-electron chi connectivity index (χ2n) is 12.2. The second kappa shape index (κ2) is 17.0. The molecule has 1 radical (unpaired) electrons. The largest absolute Gasteiger partial charge is 2.00 e. The van der Waals surface area contributed by atoms with E-state index in [4.69, 9.17) is 26.6 Å². The van der Waals surface area contributed by atoms with Gasteiger partial charge in [-0.2, -0.15) is 0 Å². The number of benzene rings is 2. The first-order valence-corrected chi connectivity index (χ1v) is 14.6. The van der Waals surface area contributed by atoms with Gasteiger partial charge in [0, 0.05) is 5.02 Å². The Morgan fingerprint density at radius 2 is 0.833 bits per heavy atom. The smallest absolute Gasteiger partial charge is 1.00 e. The molecule has 0 aliphatic heterocycles. The fourth-order valence-electron chi connectivity index (χ4n) is 5.01. The van der Waals surface area contributed by atoms with Gasteiger partial charge in [0.15, 0.2) is 0 Å². The molecular weight excluding hydrogens is 628 g/mol. The monoisotopic (exact) mass is 672 g/mol. The number of pyridine rings is 1. The van der Waals surface area contributed by atoms with E-state index < -0.39 is 0 Å². The number of aryl methyl sites for hydroxylation is 2. The fraction of sp³-hybridized carbons (Fsp3) is 0.457. The normalized spacial score (nSPS) is 12.0. The van der Waals surface area contributed by atoms with Crippen molar-refractivity contribution in [3.8, 4) is 0 Å². The molecule has 1 aromatic heterocycles. The molecule has 0 unspecified atom stereocenters. The maximum absolute atomic E-state index is 6.66. The minimum absolute atomic E-state index is 0. The van der Waals surface area contributed by atoms with Crippen LogP contribution in [0.3, 0.4) is 0 Å². The molecule has 231 valence electrons. The number of hydrogen-bond donors (Lipinski definition) is 0. The van der Waals surface area contributed by atoms with Gasteiger partial charge in [-0.25, -0.2) is 4.98 Å². The third-order valence-electron chi connectivity index (χ3n) is 7.20. The van der Waals surface area contributed by atoms with Gasteiger partial charge in [0.2, 0.25) is 0 Å². The number of nitrogens with zero attached hydrogens (tertiary/aromatic N) is 3. The van der Waals surface area contributed by atoms with Crippen molar-refractivity contribution < 1.29 is 41.6 Å². The Bertz CT molecular complexity index is 1260. The quantitative estimate of drug-likeness (QED) is 0.306. The van der Waals surface area contributed by atoms with E-state index in [9.17, 15) is 0 Å². The van der Waals surface area contributed by atoms with Gasteiger partial charge in [0.25, 0.3) is 0 Å². The van der Waals surface area contributed by atoms with Crippen molar-refractivity contribution >= 4 is 34.4 Å². The first-order valence-electron chi connectivity index (χ1n) is 14.3. The van der Waals surface area contributed by atoms with Crippen LogP contribution >= 0.6 is 11.6 Å². The summed E-state index contributed by atoms with van der Waals surface area (Å²) < 4.78 is 0. The zero-order chi connectivity index (χ0) is 29.2. The summed E-state index contributed by atoms with van der Waals surface area (Å²) in [7, 11) is 0. The minimum Gasteiger partial charge on any atom is -1.00 e. The number of aromatic nitrogens is 1. The Morgan fingerprint density at radius 1 is 0.571 bits per heavy atom. The number of rotatable bonds is 8. The fourth-order valence-corrected chi connectivity index (χ4v) is 5.21. The summed E-state index contributed by atoms with van der Waals surface area (Å²) in [5.74, 6) is 1.47. The molecule has 3 nitrogen and oxygen atoms in total. The molecule has 3 rings (SSSR count). The molecule has 0 aliphatic carbocycles. The average molecular weight is 674 g/mol. The molecule has 2 aromatic carbocycles. The summed E-state index contributed by atoms with van der Waals surface area (Å²) in [4.78, 5) is 15.4. The molecule has 0 N–H and O–H groups in total. The van der Waals surface area contributed by atoms with E-state index in [2.05, 4.69) is 93.5 Å². The zero-order valence-corrected chi connectivity index (χ0v) is 30.4. The van der Waals surface area contributed by atoms with Crippen LogP contribution in [0.4, 0.5) is 11.4 Å². The maximum atomic E-state index is 6.66. The van der Waals surface area contributed by atoms with Gasteiger partial charge < -0.3 is 24.8 Å². The first-order chi connectivity index (χ1) is 18.2. The summed E-state index contributed by atoms with van der Waals surface area (Å²) in [6.07, 6.45) is 0. The van der Waals surface area contributed by atoms with E-state index in [0.29, 0.717) is 28.7 Å². The minimum atomic E-state index is 0. The van der Waals surface area contributed by atoms with E-state index in [1.807, 2.05) is 26.0 Å². The van der Waals surface area contributed by atoms with Gasteiger partial charge in [-0.05, 0) is 85.8 Å². The van der Waals surface area contributed by atoms with Crippen molar-refractivity contribution in [2.24, 2.45) is 9.98 Å². The van der Waals surface area contributed by atoms with E-state index in [1.165, 1.54) is 33.4 Å². The Hall–Kier alpha value is -1.69. The predicted octanol–water partition coefficient (Wildman–Crippen LogP) is 5.13. The van der Waals surface area contributed by atoms with Gasteiger partial charge >= 0.3 is 16.8 Å². The van der Waals surface area contributed by atoms with E-state index in [-0.39, 0.29) is 41.6 Å². The molecule has 42 heavy (non-hydrogen) atoms. The maximum Gasteiger partial charge on any atom is 2.00 e. The Morgan fingerprint density at radius 3 is 1.07 bits per heavy atom. The predicted molar refractivity (Wildman–Crippen MR) is 172 cm³/mol. The van der Waals surface area contributed by atoms with Gasteiger partial charge in [-0.15, -0.1) is 0 Å². The standard InChI is InChI=1S/C35H46ClN3.2ClH.Co/c1-19(2)28-13-23(9)14-29(20(3)4)34(28)37-25(11)32-17-27(36)18-33(39-32)26(12)38-35-30(21(5)6)15-24(10)16-31(35)22(7)8;;;/h13-22H,1-12H3;2*1H;/q;;;+2/p-2. The second-order valence-corrected chi connectivity index (χ2v) is 12.6. The Balaban J connectivity index is 0.00000560. The topological polar surface area (TPSA) is 37.6 Å². The summed E-state index contributed by atoms with van der Waals surface area (Å²) in [6, 6.07) is 12.8. The van der Waals surface area contributed by atoms with E-state index >= 15 is 0 Å². The van der Waals surface area contributed by atoms with Crippen LogP contribution in [0.15, 0.2) is 46.4 Å². The summed E-state index contributed by atoms with van der Waals surface area (Å²) in [5.41, 5.74) is 12.9. The molecule has 7 heteroatoms. The number of halogens is 3. The van der Waals surface area contributed by atoms with Crippen LogP contribution in [-0.2, 0) is 16.8 Å². The molecule has 0 atom stereocenters. The van der Waals surface area contributed by atoms with Crippen LogP contribution in [-0.4, -0.2) is 16.4 Å². The number of aliphatic imine (C=N–C) groups is 2. The van der Waals surface area contributed by atoms with Gasteiger partial charge in [-0.3, -0.25) is 9.98 Å². The van der Waals surface area contributed by atoms with Crippen LogP contribution in [0.1, 0.15) is 138 Å². The SMILES string of the molecule is CC(=Nc1c(C(C)C)cc(C)cc1C(C)C)c1cc(Cl)cc(C(C)=Nc2c(C(C)C)cc(C)cc2C(C)C)n1.[Cl-].[Cl-].[Co+2]. The molecule has 0 saturated carbocycles. The van der Waals surface area contributed by atoms with E-state index in [1.54, 1.807) is 0 Å². The van der Waals surface area contributed by atoms with Crippen LogP contribution < -0.4 is 24.8 Å².